The Morgan fingerprint density at radius 2 is 2.06 bits per heavy atom. The highest BCUT2D eigenvalue weighted by molar-refractivity contribution is 5.92. The predicted molar refractivity (Wildman–Crippen MR) is 66.7 cm³/mol. The molecule has 0 unspecified atom stereocenters. The molecule has 7 heteroatoms. The van der Waals surface area contributed by atoms with Crippen LogP contribution in [0.4, 0.5) is 5.82 Å². The van der Waals surface area contributed by atoms with Crippen molar-refractivity contribution in [1.29, 1.82) is 0 Å². The molecule has 1 heterocycles. The van der Waals surface area contributed by atoms with E-state index in [4.69, 9.17) is 5.73 Å². The summed E-state index contributed by atoms with van der Waals surface area (Å²) >= 11 is 0. The van der Waals surface area contributed by atoms with Gasteiger partial charge in [-0.3, -0.25) is 9.59 Å². The standard InChI is InChI=1S/C11H17N5O2/c1-7(2)16-10(17)3-4-13-11(18)8-5-15-9(12)6-14-8/h5-7H,3-4H2,1-2H3,(H2,12,15)(H,13,18)(H,16,17). The SMILES string of the molecule is CC(C)NC(=O)CCNC(=O)c1cnc(N)cn1. The summed E-state index contributed by atoms with van der Waals surface area (Å²) in [6.07, 6.45) is 2.82. The number of carbonyl (C=O) groups is 2. The topological polar surface area (TPSA) is 110 Å². The number of rotatable bonds is 5. The lowest BCUT2D eigenvalue weighted by atomic mass is 10.3. The molecule has 0 radical (unpaired) electrons. The van der Waals surface area contributed by atoms with E-state index < -0.39 is 0 Å². The van der Waals surface area contributed by atoms with Crippen LogP contribution >= 0.6 is 0 Å². The van der Waals surface area contributed by atoms with Crippen LogP contribution in [0.3, 0.4) is 0 Å². The van der Waals surface area contributed by atoms with E-state index in [0.717, 1.165) is 0 Å². The summed E-state index contributed by atoms with van der Waals surface area (Å²) in [5.41, 5.74) is 5.53. The van der Waals surface area contributed by atoms with Crippen LogP contribution in [-0.4, -0.2) is 34.4 Å². The van der Waals surface area contributed by atoms with Crippen LogP contribution < -0.4 is 16.4 Å². The van der Waals surface area contributed by atoms with Gasteiger partial charge in [0.15, 0.2) is 0 Å². The normalized spacial score (nSPS) is 10.2. The van der Waals surface area contributed by atoms with Crippen LogP contribution in [-0.2, 0) is 4.79 Å². The number of hydrogen-bond acceptors (Lipinski definition) is 5. The fraction of sp³-hybridized carbons (Fsp3) is 0.455. The predicted octanol–water partition coefficient (Wildman–Crippen LogP) is -0.297. The zero-order chi connectivity index (χ0) is 13.5. The molecule has 0 spiro atoms. The molecule has 2 amide bonds. The molecule has 0 saturated carbocycles. The molecule has 4 N–H and O–H groups in total. The van der Waals surface area contributed by atoms with Crippen molar-refractivity contribution >= 4 is 17.6 Å². The van der Waals surface area contributed by atoms with Crippen molar-refractivity contribution < 1.29 is 9.59 Å². The van der Waals surface area contributed by atoms with Gasteiger partial charge in [-0.1, -0.05) is 0 Å². The van der Waals surface area contributed by atoms with Crippen LogP contribution in [0.15, 0.2) is 12.4 Å². The molecule has 1 rings (SSSR count). The maximum absolute atomic E-state index is 11.6. The van der Waals surface area contributed by atoms with Crippen molar-refractivity contribution in [3.63, 3.8) is 0 Å². The van der Waals surface area contributed by atoms with Crippen molar-refractivity contribution in [3.05, 3.63) is 18.1 Å². The molecule has 18 heavy (non-hydrogen) atoms. The number of aromatic nitrogens is 2. The highest BCUT2D eigenvalue weighted by Crippen LogP contribution is 1.95. The quantitative estimate of drug-likeness (QED) is 0.665. The average molecular weight is 251 g/mol. The molecule has 0 aliphatic rings. The van der Waals surface area contributed by atoms with Gasteiger partial charge < -0.3 is 16.4 Å². The molecule has 0 atom stereocenters. The number of amides is 2. The first-order valence-corrected chi connectivity index (χ1v) is 5.64. The first-order chi connectivity index (χ1) is 8.49. The van der Waals surface area contributed by atoms with Crippen LogP contribution in [0.5, 0.6) is 0 Å². The Kier molecular flexibility index (Phi) is 5.04. The third-order valence-electron chi connectivity index (χ3n) is 1.99. The van der Waals surface area contributed by atoms with Crippen molar-refractivity contribution in [3.8, 4) is 0 Å². The number of nitrogens with one attached hydrogen (secondary N) is 2. The van der Waals surface area contributed by atoms with Crippen molar-refractivity contribution in [2.75, 3.05) is 12.3 Å². The van der Waals surface area contributed by atoms with Gasteiger partial charge in [-0.25, -0.2) is 9.97 Å². The maximum atomic E-state index is 11.6. The fourth-order valence-electron chi connectivity index (χ4n) is 1.23. The number of nitrogen functional groups attached to an aromatic ring is 1. The Hall–Kier alpha value is -2.18. The second kappa shape index (κ2) is 6.53. The molecular weight excluding hydrogens is 234 g/mol. The zero-order valence-corrected chi connectivity index (χ0v) is 10.4. The van der Waals surface area contributed by atoms with Gasteiger partial charge in [0.1, 0.15) is 11.5 Å². The molecule has 0 aliphatic heterocycles. The van der Waals surface area contributed by atoms with Gasteiger partial charge in [0.25, 0.3) is 5.91 Å². The minimum absolute atomic E-state index is 0.0937. The molecule has 0 bridgehead atoms. The van der Waals surface area contributed by atoms with E-state index in [1.54, 1.807) is 0 Å². The van der Waals surface area contributed by atoms with Crippen LogP contribution in [0.1, 0.15) is 30.8 Å². The van der Waals surface area contributed by atoms with E-state index in [1.807, 2.05) is 13.8 Å². The van der Waals surface area contributed by atoms with E-state index in [-0.39, 0.29) is 42.3 Å². The number of carbonyl (C=O) groups excluding carboxylic acids is 2. The second-order valence-electron chi connectivity index (χ2n) is 4.05. The molecule has 1 aromatic rings. The smallest absolute Gasteiger partial charge is 0.271 e. The summed E-state index contributed by atoms with van der Waals surface area (Å²) in [5, 5.41) is 5.31. The van der Waals surface area contributed by atoms with Gasteiger partial charge in [0.05, 0.1) is 12.4 Å². The van der Waals surface area contributed by atoms with Crippen LogP contribution in [0.25, 0.3) is 0 Å². The third-order valence-corrected chi connectivity index (χ3v) is 1.99. The highest BCUT2D eigenvalue weighted by Gasteiger charge is 2.08. The molecule has 98 valence electrons. The van der Waals surface area contributed by atoms with Gasteiger partial charge >= 0.3 is 0 Å². The Balaban J connectivity index is 2.33. The van der Waals surface area contributed by atoms with Crippen molar-refractivity contribution in [1.82, 2.24) is 20.6 Å². The maximum Gasteiger partial charge on any atom is 0.271 e. The van der Waals surface area contributed by atoms with E-state index in [0.29, 0.717) is 0 Å². The van der Waals surface area contributed by atoms with Gasteiger partial charge in [0, 0.05) is 19.0 Å². The van der Waals surface area contributed by atoms with Gasteiger partial charge in [-0.15, -0.1) is 0 Å². The summed E-state index contributed by atoms with van der Waals surface area (Å²) in [4.78, 5) is 30.5. The van der Waals surface area contributed by atoms with Crippen molar-refractivity contribution in [2.45, 2.75) is 26.3 Å². The first-order valence-electron chi connectivity index (χ1n) is 5.64. The molecule has 0 aliphatic carbocycles. The monoisotopic (exact) mass is 251 g/mol. The number of nitrogens with two attached hydrogens (primary N) is 1. The molecule has 0 fully saturated rings. The lowest BCUT2D eigenvalue weighted by Crippen LogP contribution is -2.34. The van der Waals surface area contributed by atoms with Crippen molar-refractivity contribution in [2.24, 2.45) is 0 Å². The van der Waals surface area contributed by atoms with Gasteiger partial charge in [-0.2, -0.15) is 0 Å². The van der Waals surface area contributed by atoms with Gasteiger partial charge in [0.2, 0.25) is 5.91 Å². The summed E-state index contributed by atoms with van der Waals surface area (Å²) in [7, 11) is 0. The summed E-state index contributed by atoms with van der Waals surface area (Å²) in [6, 6.07) is 0.0937. The van der Waals surface area contributed by atoms with E-state index in [2.05, 4.69) is 20.6 Å². The Morgan fingerprint density at radius 3 is 2.61 bits per heavy atom. The number of hydrogen-bond donors (Lipinski definition) is 3. The second-order valence-corrected chi connectivity index (χ2v) is 4.05. The minimum atomic E-state index is -0.375. The number of nitrogens with zero attached hydrogens (tertiary/aromatic N) is 2. The van der Waals surface area contributed by atoms with E-state index in [9.17, 15) is 9.59 Å². The van der Waals surface area contributed by atoms with Crippen LogP contribution in [0, 0.1) is 0 Å². The summed E-state index contributed by atoms with van der Waals surface area (Å²) < 4.78 is 0. The van der Waals surface area contributed by atoms with Gasteiger partial charge in [-0.05, 0) is 13.8 Å². The lowest BCUT2D eigenvalue weighted by Gasteiger charge is -2.08. The lowest BCUT2D eigenvalue weighted by molar-refractivity contribution is -0.121. The van der Waals surface area contributed by atoms with E-state index in [1.165, 1.54) is 12.4 Å². The number of anilines is 1. The molecule has 7 nitrogen and oxygen atoms in total. The van der Waals surface area contributed by atoms with Crippen LogP contribution in [0.2, 0.25) is 0 Å². The average Bonchev–Trinajstić information content (AvgIpc) is 2.28. The Bertz CT molecular complexity index is 416. The molecule has 1 aromatic heterocycles. The summed E-state index contributed by atoms with van der Waals surface area (Å²) in [6.45, 7) is 4.00. The first kappa shape index (κ1) is 13.9. The summed E-state index contributed by atoms with van der Waals surface area (Å²) in [5.74, 6) is -0.226. The highest BCUT2D eigenvalue weighted by atomic mass is 16.2. The molecule has 0 aromatic carbocycles. The zero-order valence-electron chi connectivity index (χ0n) is 10.4. The van der Waals surface area contributed by atoms with E-state index >= 15 is 0 Å². The third kappa shape index (κ3) is 4.77. The largest absolute Gasteiger partial charge is 0.382 e. The molecule has 0 saturated heterocycles. The minimum Gasteiger partial charge on any atom is -0.382 e. The molecular formula is C11H17N5O2. The Labute approximate surface area is 105 Å². The Morgan fingerprint density at radius 1 is 1.33 bits per heavy atom. The fourth-order valence-corrected chi connectivity index (χ4v) is 1.23.